The van der Waals surface area contributed by atoms with Crippen molar-refractivity contribution >= 4 is 0 Å². The molecule has 0 fully saturated rings. The minimum Gasteiger partial charge on any atom is -0.324 e. The number of benzene rings is 2. The van der Waals surface area contributed by atoms with E-state index in [9.17, 15) is 4.39 Å². The van der Waals surface area contributed by atoms with Crippen LogP contribution in [-0.4, -0.2) is 0 Å². The van der Waals surface area contributed by atoms with Crippen LogP contribution < -0.4 is 5.73 Å². The lowest BCUT2D eigenvalue weighted by Crippen LogP contribution is -2.17. The van der Waals surface area contributed by atoms with E-state index in [2.05, 4.69) is 45.0 Å². The maximum atomic E-state index is 12.9. The number of hydrogen-bond acceptors (Lipinski definition) is 1. The topological polar surface area (TPSA) is 26.0 Å². The number of halogens is 1. The summed E-state index contributed by atoms with van der Waals surface area (Å²) < 4.78 is 12.9. The molecule has 0 bridgehead atoms. The summed E-state index contributed by atoms with van der Waals surface area (Å²) in [6, 6.07) is 15.1. The molecule has 0 heterocycles. The highest BCUT2D eigenvalue weighted by Gasteiger charge is 2.18. The molecule has 1 atom stereocenters. The van der Waals surface area contributed by atoms with Crippen LogP contribution in [0.2, 0.25) is 0 Å². The highest BCUT2D eigenvalue weighted by molar-refractivity contribution is 5.30. The second-order valence-corrected chi connectivity index (χ2v) is 6.30. The molecule has 2 aromatic rings. The molecule has 0 aliphatic carbocycles. The summed E-state index contributed by atoms with van der Waals surface area (Å²) in [5.41, 5.74) is 9.97. The van der Waals surface area contributed by atoms with Crippen molar-refractivity contribution in [3.63, 3.8) is 0 Å². The van der Waals surface area contributed by atoms with Crippen molar-refractivity contribution in [1.82, 2.24) is 0 Å². The van der Waals surface area contributed by atoms with Gasteiger partial charge in [-0.25, -0.2) is 4.39 Å². The normalized spacial score (nSPS) is 13.2. The molecule has 0 aromatic heterocycles. The Bertz CT molecular complexity index is 570. The molecule has 21 heavy (non-hydrogen) atoms. The first-order valence-electron chi connectivity index (χ1n) is 7.53. The summed E-state index contributed by atoms with van der Waals surface area (Å²) >= 11 is 0. The van der Waals surface area contributed by atoms with E-state index in [-0.39, 0.29) is 17.3 Å². The molecule has 0 aliphatic heterocycles. The molecule has 1 unspecified atom stereocenters. The van der Waals surface area contributed by atoms with Gasteiger partial charge in [0, 0.05) is 6.04 Å². The van der Waals surface area contributed by atoms with Crippen LogP contribution in [0.1, 0.15) is 49.9 Å². The van der Waals surface area contributed by atoms with Crippen molar-refractivity contribution in [1.29, 1.82) is 0 Å². The van der Waals surface area contributed by atoms with Gasteiger partial charge < -0.3 is 5.73 Å². The highest BCUT2D eigenvalue weighted by Crippen LogP contribution is 2.28. The monoisotopic (exact) mass is 285 g/mol. The smallest absolute Gasteiger partial charge is 0.123 e. The molecule has 2 heteroatoms. The van der Waals surface area contributed by atoms with E-state index in [1.54, 1.807) is 12.1 Å². The van der Waals surface area contributed by atoms with Gasteiger partial charge in [-0.3, -0.25) is 0 Å². The summed E-state index contributed by atoms with van der Waals surface area (Å²) in [4.78, 5) is 0. The standard InChI is InChI=1S/C19H24FN/c1-4-19(2,3)16-9-7-15(8-10-16)18(21)13-14-5-11-17(20)12-6-14/h5-12,18H,4,13,21H2,1-3H3. The van der Waals surface area contributed by atoms with Crippen molar-refractivity contribution in [2.24, 2.45) is 5.73 Å². The minimum atomic E-state index is -0.210. The molecule has 1 nitrogen and oxygen atoms in total. The van der Waals surface area contributed by atoms with Gasteiger partial charge in [-0.2, -0.15) is 0 Å². The van der Waals surface area contributed by atoms with Crippen LogP contribution in [0.4, 0.5) is 4.39 Å². The van der Waals surface area contributed by atoms with E-state index >= 15 is 0 Å². The van der Waals surface area contributed by atoms with Gasteiger partial charge in [0.1, 0.15) is 5.82 Å². The average Bonchev–Trinajstić information content (AvgIpc) is 2.49. The molecule has 2 N–H and O–H groups in total. The van der Waals surface area contributed by atoms with Crippen LogP contribution in [0.15, 0.2) is 48.5 Å². The fraction of sp³-hybridized carbons (Fsp3) is 0.368. The van der Waals surface area contributed by atoms with Crippen molar-refractivity contribution in [2.45, 2.75) is 45.1 Å². The lowest BCUT2D eigenvalue weighted by molar-refractivity contribution is 0.506. The molecule has 0 amide bonds. The third kappa shape index (κ3) is 3.92. The van der Waals surface area contributed by atoms with Gasteiger partial charge in [0.15, 0.2) is 0 Å². The Hall–Kier alpha value is -1.67. The molecule has 0 spiro atoms. The molecule has 112 valence electrons. The van der Waals surface area contributed by atoms with E-state index in [0.29, 0.717) is 0 Å². The number of rotatable bonds is 5. The second kappa shape index (κ2) is 6.40. The fourth-order valence-electron chi connectivity index (χ4n) is 2.38. The van der Waals surface area contributed by atoms with E-state index in [1.807, 2.05) is 0 Å². The predicted molar refractivity (Wildman–Crippen MR) is 86.8 cm³/mol. The minimum absolute atomic E-state index is 0.0609. The molecular weight excluding hydrogens is 261 g/mol. The Labute approximate surface area is 127 Å². The first-order valence-corrected chi connectivity index (χ1v) is 7.53. The third-order valence-corrected chi connectivity index (χ3v) is 4.37. The highest BCUT2D eigenvalue weighted by atomic mass is 19.1. The van der Waals surface area contributed by atoms with Crippen molar-refractivity contribution in [3.8, 4) is 0 Å². The molecule has 2 aromatic carbocycles. The van der Waals surface area contributed by atoms with Gasteiger partial charge in [-0.05, 0) is 47.1 Å². The summed E-state index contributed by atoms with van der Waals surface area (Å²) in [6.45, 7) is 6.70. The number of nitrogens with two attached hydrogens (primary N) is 1. The van der Waals surface area contributed by atoms with Crippen LogP contribution in [0, 0.1) is 5.82 Å². The number of hydrogen-bond donors (Lipinski definition) is 1. The van der Waals surface area contributed by atoms with Crippen LogP contribution in [0.3, 0.4) is 0 Å². The summed E-state index contributed by atoms with van der Waals surface area (Å²) in [5.74, 6) is -0.210. The van der Waals surface area contributed by atoms with Gasteiger partial charge in [-0.1, -0.05) is 57.2 Å². The van der Waals surface area contributed by atoms with Crippen LogP contribution in [0.25, 0.3) is 0 Å². The Balaban J connectivity index is 2.09. The van der Waals surface area contributed by atoms with Crippen LogP contribution in [-0.2, 0) is 11.8 Å². The van der Waals surface area contributed by atoms with Crippen LogP contribution >= 0.6 is 0 Å². The van der Waals surface area contributed by atoms with E-state index in [1.165, 1.54) is 17.7 Å². The van der Waals surface area contributed by atoms with Crippen molar-refractivity contribution in [3.05, 3.63) is 71.0 Å². The van der Waals surface area contributed by atoms with E-state index < -0.39 is 0 Å². The molecule has 0 radical (unpaired) electrons. The SMILES string of the molecule is CCC(C)(C)c1ccc(C(N)Cc2ccc(F)cc2)cc1. The Morgan fingerprint density at radius 3 is 2.10 bits per heavy atom. The lowest BCUT2D eigenvalue weighted by Gasteiger charge is -2.24. The van der Waals surface area contributed by atoms with Crippen molar-refractivity contribution in [2.75, 3.05) is 0 Å². The van der Waals surface area contributed by atoms with E-state index in [0.717, 1.165) is 24.0 Å². The van der Waals surface area contributed by atoms with Crippen molar-refractivity contribution < 1.29 is 4.39 Å². The molecular formula is C19H24FN. The molecule has 0 saturated carbocycles. The van der Waals surface area contributed by atoms with Gasteiger partial charge in [-0.15, -0.1) is 0 Å². The van der Waals surface area contributed by atoms with Gasteiger partial charge >= 0.3 is 0 Å². The Morgan fingerprint density at radius 1 is 1.00 bits per heavy atom. The van der Waals surface area contributed by atoms with Gasteiger partial charge in [0.2, 0.25) is 0 Å². The zero-order valence-corrected chi connectivity index (χ0v) is 13.1. The Kier molecular flexibility index (Phi) is 4.79. The maximum Gasteiger partial charge on any atom is 0.123 e. The van der Waals surface area contributed by atoms with E-state index in [4.69, 9.17) is 5.73 Å². The fourth-order valence-corrected chi connectivity index (χ4v) is 2.38. The van der Waals surface area contributed by atoms with Crippen LogP contribution in [0.5, 0.6) is 0 Å². The Morgan fingerprint density at radius 2 is 1.57 bits per heavy atom. The lowest BCUT2D eigenvalue weighted by atomic mass is 9.81. The molecule has 0 aliphatic rings. The zero-order chi connectivity index (χ0) is 15.5. The van der Waals surface area contributed by atoms with Gasteiger partial charge in [0.25, 0.3) is 0 Å². The molecule has 0 saturated heterocycles. The summed E-state index contributed by atoms with van der Waals surface area (Å²) in [7, 11) is 0. The van der Waals surface area contributed by atoms with Gasteiger partial charge in [0.05, 0.1) is 0 Å². The zero-order valence-electron chi connectivity index (χ0n) is 13.1. The quantitative estimate of drug-likeness (QED) is 0.842. The second-order valence-electron chi connectivity index (χ2n) is 6.30. The average molecular weight is 285 g/mol. The predicted octanol–water partition coefficient (Wildman–Crippen LogP) is 4.76. The maximum absolute atomic E-state index is 12.9. The summed E-state index contributed by atoms with van der Waals surface area (Å²) in [6.07, 6.45) is 1.82. The largest absolute Gasteiger partial charge is 0.324 e. The first-order chi connectivity index (χ1) is 9.92. The molecule has 2 rings (SSSR count). The first kappa shape index (κ1) is 15.7. The summed E-state index contributed by atoms with van der Waals surface area (Å²) in [5, 5.41) is 0. The third-order valence-electron chi connectivity index (χ3n) is 4.37.